The summed E-state index contributed by atoms with van der Waals surface area (Å²) in [6, 6.07) is 0. The topological polar surface area (TPSA) is 105 Å². The maximum atomic E-state index is 10.7. The van der Waals surface area contributed by atoms with Crippen LogP contribution in [0.15, 0.2) is 11.5 Å². The second-order valence-corrected chi connectivity index (χ2v) is 4.55. The zero-order valence-electron chi connectivity index (χ0n) is 8.43. The van der Waals surface area contributed by atoms with Crippen LogP contribution in [0.3, 0.4) is 0 Å². The predicted octanol–water partition coefficient (Wildman–Crippen LogP) is 0.479. The van der Waals surface area contributed by atoms with Gasteiger partial charge in [0.15, 0.2) is 5.16 Å². The molecule has 0 aliphatic carbocycles. The third-order valence-corrected chi connectivity index (χ3v) is 2.92. The van der Waals surface area contributed by atoms with E-state index in [4.69, 9.17) is 10.8 Å². The van der Waals surface area contributed by atoms with Crippen molar-refractivity contribution in [1.29, 1.82) is 0 Å². The molecule has 1 atom stereocenters. The number of nitrogens with two attached hydrogens (primary N) is 1. The lowest BCUT2D eigenvalue weighted by atomic mass is 9.98. The number of aromatic nitrogens is 3. The van der Waals surface area contributed by atoms with Crippen LogP contribution in [0.5, 0.6) is 0 Å². The van der Waals surface area contributed by atoms with Crippen LogP contribution in [0.4, 0.5) is 0 Å². The van der Waals surface area contributed by atoms with Crippen molar-refractivity contribution >= 4 is 17.7 Å². The molecule has 0 spiro atoms. The first-order valence-electron chi connectivity index (χ1n) is 4.53. The Morgan fingerprint density at radius 3 is 3.07 bits per heavy atom. The molecule has 0 aliphatic rings. The molecule has 0 fully saturated rings. The van der Waals surface area contributed by atoms with Gasteiger partial charge in [0, 0.05) is 5.75 Å². The molecule has 0 radical (unpaired) electrons. The van der Waals surface area contributed by atoms with Gasteiger partial charge in [-0.2, -0.15) is 5.10 Å². The van der Waals surface area contributed by atoms with Gasteiger partial charge in [-0.15, -0.1) is 0 Å². The molecular weight excluding hydrogens is 216 g/mol. The van der Waals surface area contributed by atoms with Crippen LogP contribution in [-0.4, -0.2) is 37.5 Å². The quantitative estimate of drug-likeness (QED) is 0.485. The normalized spacial score (nSPS) is 14.8. The smallest absolute Gasteiger partial charge is 0.323 e. The van der Waals surface area contributed by atoms with E-state index in [0.29, 0.717) is 6.42 Å². The van der Waals surface area contributed by atoms with Crippen molar-refractivity contribution < 1.29 is 9.90 Å². The zero-order valence-corrected chi connectivity index (χ0v) is 9.25. The Morgan fingerprint density at radius 2 is 2.53 bits per heavy atom. The first kappa shape index (κ1) is 12.0. The molecule has 0 aliphatic heterocycles. The molecule has 0 bridgehead atoms. The van der Waals surface area contributed by atoms with Gasteiger partial charge in [-0.1, -0.05) is 11.8 Å². The molecule has 1 aromatic heterocycles. The minimum absolute atomic E-state index is 0.448. The summed E-state index contributed by atoms with van der Waals surface area (Å²) in [4.78, 5) is 14.6. The summed E-state index contributed by atoms with van der Waals surface area (Å²) < 4.78 is 0. The van der Waals surface area contributed by atoms with Crippen molar-refractivity contribution in [3.63, 3.8) is 0 Å². The molecule has 1 heterocycles. The Hall–Kier alpha value is -1.08. The molecular formula is C8H14N4O2S. The molecule has 0 saturated heterocycles. The summed E-state index contributed by atoms with van der Waals surface area (Å²) in [5, 5.41) is 15.9. The Balaban J connectivity index is 2.19. The van der Waals surface area contributed by atoms with Gasteiger partial charge >= 0.3 is 5.97 Å². The first-order chi connectivity index (χ1) is 7.02. The Kier molecular flexibility index (Phi) is 4.10. The number of carboxylic acid groups (broad SMARTS) is 1. The van der Waals surface area contributed by atoms with Crippen molar-refractivity contribution in [3.05, 3.63) is 6.33 Å². The van der Waals surface area contributed by atoms with Crippen molar-refractivity contribution in [2.75, 3.05) is 5.75 Å². The van der Waals surface area contributed by atoms with Crippen molar-refractivity contribution in [2.24, 2.45) is 5.73 Å². The van der Waals surface area contributed by atoms with E-state index in [-0.39, 0.29) is 0 Å². The summed E-state index contributed by atoms with van der Waals surface area (Å²) in [6.45, 7) is 1.52. The fourth-order valence-corrected chi connectivity index (χ4v) is 1.70. The molecule has 6 nitrogen and oxygen atoms in total. The molecule has 0 aromatic carbocycles. The van der Waals surface area contributed by atoms with E-state index in [2.05, 4.69) is 15.2 Å². The first-order valence-corrected chi connectivity index (χ1v) is 5.51. The summed E-state index contributed by atoms with van der Waals surface area (Å²) in [5.74, 6) is -0.193. The fourth-order valence-electron chi connectivity index (χ4n) is 0.979. The maximum absolute atomic E-state index is 10.7. The van der Waals surface area contributed by atoms with Crippen LogP contribution in [0, 0.1) is 0 Å². The lowest BCUT2D eigenvalue weighted by molar-refractivity contribution is -0.142. The Labute approximate surface area is 91.7 Å². The standard InChI is InChI=1S/C8H14N4O2S/c1-8(9,6(13)14)3-2-4-15-7-10-5-11-12-7/h5H,2-4,9H2,1H3,(H,13,14)(H,10,11,12). The van der Waals surface area contributed by atoms with Crippen LogP contribution in [0.1, 0.15) is 19.8 Å². The summed E-state index contributed by atoms with van der Waals surface area (Å²) in [5.41, 5.74) is 4.44. The molecule has 0 saturated carbocycles. The van der Waals surface area contributed by atoms with Gasteiger partial charge in [0.2, 0.25) is 0 Å². The van der Waals surface area contributed by atoms with Gasteiger partial charge in [0.1, 0.15) is 11.9 Å². The molecule has 1 aromatic rings. The van der Waals surface area contributed by atoms with E-state index >= 15 is 0 Å². The fraction of sp³-hybridized carbons (Fsp3) is 0.625. The van der Waals surface area contributed by atoms with E-state index in [0.717, 1.165) is 17.3 Å². The highest BCUT2D eigenvalue weighted by molar-refractivity contribution is 7.99. The second-order valence-electron chi connectivity index (χ2n) is 3.47. The van der Waals surface area contributed by atoms with Gasteiger partial charge in [-0.3, -0.25) is 9.89 Å². The average molecular weight is 230 g/mol. The Morgan fingerprint density at radius 1 is 1.80 bits per heavy atom. The van der Waals surface area contributed by atoms with Crippen LogP contribution < -0.4 is 5.73 Å². The van der Waals surface area contributed by atoms with Crippen LogP contribution in [-0.2, 0) is 4.79 Å². The van der Waals surface area contributed by atoms with E-state index in [1.54, 1.807) is 0 Å². The zero-order chi connectivity index (χ0) is 11.3. The number of nitrogens with zero attached hydrogens (tertiary/aromatic N) is 2. The van der Waals surface area contributed by atoms with Gasteiger partial charge < -0.3 is 10.8 Å². The predicted molar refractivity (Wildman–Crippen MR) is 56.6 cm³/mol. The number of carbonyl (C=O) groups is 1. The SMILES string of the molecule is CC(N)(CCCSc1ncn[nH]1)C(=O)O. The number of hydrogen-bond acceptors (Lipinski definition) is 5. The van der Waals surface area contributed by atoms with Crippen LogP contribution in [0.25, 0.3) is 0 Å². The Bertz CT molecular complexity index is 312. The highest BCUT2D eigenvalue weighted by atomic mass is 32.2. The monoisotopic (exact) mass is 230 g/mol. The average Bonchev–Trinajstić information content (AvgIpc) is 2.64. The molecule has 1 rings (SSSR count). The highest BCUT2D eigenvalue weighted by Crippen LogP contribution is 2.16. The minimum atomic E-state index is -1.14. The highest BCUT2D eigenvalue weighted by Gasteiger charge is 2.26. The van der Waals surface area contributed by atoms with Gasteiger partial charge in [0.05, 0.1) is 0 Å². The van der Waals surface area contributed by atoms with E-state index in [1.165, 1.54) is 25.0 Å². The molecule has 4 N–H and O–H groups in total. The summed E-state index contributed by atoms with van der Waals surface area (Å²) in [7, 11) is 0. The molecule has 15 heavy (non-hydrogen) atoms. The van der Waals surface area contributed by atoms with Gasteiger partial charge in [-0.25, -0.2) is 4.98 Å². The largest absolute Gasteiger partial charge is 0.480 e. The number of thioether (sulfide) groups is 1. The summed E-state index contributed by atoms with van der Waals surface area (Å²) in [6.07, 6.45) is 2.61. The molecule has 1 unspecified atom stereocenters. The maximum Gasteiger partial charge on any atom is 0.323 e. The molecule has 84 valence electrons. The van der Waals surface area contributed by atoms with E-state index in [1.807, 2.05) is 0 Å². The number of carboxylic acids is 1. The third-order valence-electron chi connectivity index (χ3n) is 1.96. The van der Waals surface area contributed by atoms with Crippen molar-refractivity contribution in [3.8, 4) is 0 Å². The lowest BCUT2D eigenvalue weighted by Crippen LogP contribution is -2.44. The summed E-state index contributed by atoms with van der Waals surface area (Å²) >= 11 is 1.50. The van der Waals surface area contributed by atoms with E-state index < -0.39 is 11.5 Å². The number of H-pyrrole nitrogens is 1. The minimum Gasteiger partial charge on any atom is -0.480 e. The third kappa shape index (κ3) is 3.88. The van der Waals surface area contributed by atoms with Gasteiger partial charge in [-0.05, 0) is 19.8 Å². The van der Waals surface area contributed by atoms with E-state index in [9.17, 15) is 4.79 Å². The van der Waals surface area contributed by atoms with Crippen LogP contribution >= 0.6 is 11.8 Å². The van der Waals surface area contributed by atoms with Gasteiger partial charge in [0.25, 0.3) is 0 Å². The van der Waals surface area contributed by atoms with Crippen LogP contribution in [0.2, 0.25) is 0 Å². The lowest BCUT2D eigenvalue weighted by Gasteiger charge is -2.18. The number of aliphatic carboxylic acids is 1. The number of nitrogens with one attached hydrogen (secondary N) is 1. The molecule has 7 heteroatoms. The van der Waals surface area contributed by atoms with Crippen molar-refractivity contribution in [1.82, 2.24) is 15.2 Å². The van der Waals surface area contributed by atoms with Crippen molar-refractivity contribution in [2.45, 2.75) is 30.5 Å². The number of rotatable bonds is 6. The number of aromatic amines is 1. The molecule has 0 amide bonds. The number of hydrogen-bond donors (Lipinski definition) is 3. The second kappa shape index (κ2) is 5.13.